The zero-order chi connectivity index (χ0) is 15.7. The molecular weight excluding hydrogens is 325 g/mol. The average Bonchev–Trinajstić information content (AvgIpc) is 2.85. The van der Waals surface area contributed by atoms with Crippen LogP contribution < -0.4 is 9.57 Å². The first kappa shape index (κ1) is 15.5. The summed E-state index contributed by atoms with van der Waals surface area (Å²) in [5.41, 5.74) is 2.84. The molecule has 1 aliphatic heterocycles. The van der Waals surface area contributed by atoms with Crippen LogP contribution in [0.2, 0.25) is 0 Å². The second kappa shape index (κ2) is 6.40. The van der Waals surface area contributed by atoms with Crippen molar-refractivity contribution in [3.63, 3.8) is 0 Å². The number of aromatic nitrogens is 2. The van der Waals surface area contributed by atoms with Crippen LogP contribution in [-0.4, -0.2) is 22.7 Å². The molecule has 118 valence electrons. The number of ether oxygens (including phenoxy) is 1. The lowest BCUT2D eigenvalue weighted by Gasteiger charge is -2.28. The van der Waals surface area contributed by atoms with E-state index in [4.69, 9.17) is 28.7 Å². The number of nitrogens with zero attached hydrogens (tertiary/aromatic N) is 1. The van der Waals surface area contributed by atoms with Gasteiger partial charge in [0.25, 0.3) is 0 Å². The molecule has 0 spiro atoms. The highest BCUT2D eigenvalue weighted by molar-refractivity contribution is 7.71. The Morgan fingerprint density at radius 3 is 3.14 bits per heavy atom. The number of H-pyrrole nitrogens is 1. The Kier molecular flexibility index (Phi) is 4.52. The van der Waals surface area contributed by atoms with Crippen molar-refractivity contribution in [2.24, 2.45) is 0 Å². The summed E-state index contributed by atoms with van der Waals surface area (Å²) in [5, 5.41) is 0. The predicted molar refractivity (Wildman–Crippen MR) is 86.5 cm³/mol. The largest absolute Gasteiger partial charge is 0.488 e. The van der Waals surface area contributed by atoms with E-state index < -0.39 is 0 Å². The van der Waals surface area contributed by atoms with Gasteiger partial charge >= 0.3 is 0 Å². The first-order valence-corrected chi connectivity index (χ1v) is 7.93. The average molecular weight is 342 g/mol. The van der Waals surface area contributed by atoms with Gasteiger partial charge in [-0.25, -0.2) is 9.23 Å². The molecule has 2 N–H and O–H groups in total. The standard InChI is InChI=1S/C15H17ClFN3OS/c1-9-4-10-6-12(8-21-14(10)13(17)5-9)20-11(2-3-19-16)7-18-15(20)22/h4-5,7,12,19H,2-3,6,8H2,1H3,(H,18,22)/t12-/m1/s1. The predicted octanol–water partition coefficient (Wildman–Crippen LogP) is 3.46. The van der Waals surface area contributed by atoms with Gasteiger partial charge in [0.05, 0.1) is 6.04 Å². The van der Waals surface area contributed by atoms with Crippen LogP contribution in [0.4, 0.5) is 4.39 Å². The maximum absolute atomic E-state index is 13.9. The van der Waals surface area contributed by atoms with Gasteiger partial charge in [0, 0.05) is 31.3 Å². The number of aromatic amines is 1. The molecular formula is C15H17ClFN3OS. The quantitative estimate of drug-likeness (QED) is 0.661. The van der Waals surface area contributed by atoms with Gasteiger partial charge in [-0.05, 0) is 48.1 Å². The second-order valence-corrected chi connectivity index (χ2v) is 6.15. The van der Waals surface area contributed by atoms with E-state index in [0.29, 0.717) is 30.1 Å². The molecule has 0 aliphatic carbocycles. The third-order valence-corrected chi connectivity index (χ3v) is 4.38. The summed E-state index contributed by atoms with van der Waals surface area (Å²) in [7, 11) is 0. The molecule has 0 unspecified atom stereocenters. The molecule has 4 nitrogen and oxygen atoms in total. The van der Waals surface area contributed by atoms with Gasteiger partial charge in [0.15, 0.2) is 16.3 Å². The number of halogens is 2. The highest BCUT2D eigenvalue weighted by atomic mass is 35.5. The SMILES string of the molecule is Cc1cc(F)c2c(c1)C[C@@H](n1c(CCNCl)c[nH]c1=S)CO2. The highest BCUT2D eigenvalue weighted by Gasteiger charge is 2.26. The van der Waals surface area contributed by atoms with Crippen molar-refractivity contribution in [3.8, 4) is 5.75 Å². The Morgan fingerprint density at radius 2 is 2.36 bits per heavy atom. The Labute approximate surface area is 138 Å². The smallest absolute Gasteiger partial charge is 0.177 e. The van der Waals surface area contributed by atoms with E-state index >= 15 is 0 Å². The molecule has 0 radical (unpaired) electrons. The fourth-order valence-corrected chi connectivity index (χ4v) is 3.37. The number of rotatable bonds is 4. The number of imidazole rings is 1. The zero-order valence-corrected chi connectivity index (χ0v) is 13.7. The third-order valence-electron chi connectivity index (χ3n) is 3.87. The molecule has 0 saturated heterocycles. The lowest BCUT2D eigenvalue weighted by molar-refractivity contribution is 0.211. The highest BCUT2D eigenvalue weighted by Crippen LogP contribution is 2.33. The summed E-state index contributed by atoms with van der Waals surface area (Å²) in [5.74, 6) is 0.0746. The second-order valence-electron chi connectivity index (χ2n) is 5.49. The third kappa shape index (κ3) is 2.91. The van der Waals surface area contributed by atoms with E-state index in [1.807, 2.05) is 23.8 Å². The van der Waals surface area contributed by atoms with Gasteiger partial charge in [-0.15, -0.1) is 0 Å². The van der Waals surface area contributed by atoms with Gasteiger partial charge in [-0.2, -0.15) is 0 Å². The van der Waals surface area contributed by atoms with E-state index in [9.17, 15) is 4.39 Å². The van der Waals surface area contributed by atoms with E-state index in [1.54, 1.807) is 0 Å². The lowest BCUT2D eigenvalue weighted by Crippen LogP contribution is -2.27. The van der Waals surface area contributed by atoms with Gasteiger partial charge < -0.3 is 14.3 Å². The van der Waals surface area contributed by atoms with Crippen LogP contribution in [0.25, 0.3) is 0 Å². The topological polar surface area (TPSA) is 42.0 Å². The number of hydrogen-bond donors (Lipinski definition) is 2. The molecule has 1 atom stereocenters. The Bertz CT molecular complexity index is 743. The maximum Gasteiger partial charge on any atom is 0.177 e. The first-order chi connectivity index (χ1) is 10.6. The minimum absolute atomic E-state index is 0.0535. The van der Waals surface area contributed by atoms with Gasteiger partial charge in [-0.1, -0.05) is 6.07 Å². The van der Waals surface area contributed by atoms with Crippen LogP contribution in [0.1, 0.15) is 22.9 Å². The van der Waals surface area contributed by atoms with Gasteiger partial charge in [0.1, 0.15) is 6.61 Å². The van der Waals surface area contributed by atoms with Crippen molar-refractivity contribution in [2.45, 2.75) is 25.8 Å². The molecule has 3 rings (SSSR count). The molecule has 7 heteroatoms. The number of aryl methyl sites for hydroxylation is 1. The molecule has 1 aromatic carbocycles. The van der Waals surface area contributed by atoms with E-state index in [0.717, 1.165) is 23.2 Å². The molecule has 2 aromatic rings. The first-order valence-electron chi connectivity index (χ1n) is 7.14. The van der Waals surface area contributed by atoms with Gasteiger partial charge in [0.2, 0.25) is 0 Å². The fourth-order valence-electron chi connectivity index (χ4n) is 2.96. The molecule has 1 aromatic heterocycles. The van der Waals surface area contributed by atoms with E-state index in [-0.39, 0.29) is 11.9 Å². The molecule has 0 amide bonds. The van der Waals surface area contributed by atoms with Crippen molar-refractivity contribution in [3.05, 3.63) is 45.7 Å². The van der Waals surface area contributed by atoms with Crippen molar-refractivity contribution < 1.29 is 9.13 Å². The van der Waals surface area contributed by atoms with E-state index in [2.05, 4.69) is 9.82 Å². The molecule has 0 bridgehead atoms. The summed E-state index contributed by atoms with van der Waals surface area (Å²) in [6.45, 7) is 2.93. The minimum Gasteiger partial charge on any atom is -0.488 e. The summed E-state index contributed by atoms with van der Waals surface area (Å²) >= 11 is 10.9. The Morgan fingerprint density at radius 1 is 1.55 bits per heavy atom. The minimum atomic E-state index is -0.294. The number of nitrogens with one attached hydrogen (secondary N) is 2. The summed E-state index contributed by atoms with van der Waals surface area (Å²) < 4.78 is 22.3. The van der Waals surface area contributed by atoms with Crippen molar-refractivity contribution in [1.29, 1.82) is 0 Å². The summed E-state index contributed by atoms with van der Waals surface area (Å²) in [6.07, 6.45) is 3.34. The van der Waals surface area contributed by atoms with Crippen molar-refractivity contribution in [1.82, 2.24) is 14.4 Å². The molecule has 1 aliphatic rings. The van der Waals surface area contributed by atoms with Gasteiger partial charge in [-0.3, -0.25) is 0 Å². The summed E-state index contributed by atoms with van der Waals surface area (Å²) in [6, 6.07) is 3.53. The molecule has 22 heavy (non-hydrogen) atoms. The van der Waals surface area contributed by atoms with E-state index in [1.165, 1.54) is 6.07 Å². The van der Waals surface area contributed by atoms with Crippen LogP contribution >= 0.6 is 24.0 Å². The molecule has 2 heterocycles. The Hall–Kier alpha value is -1.37. The zero-order valence-electron chi connectivity index (χ0n) is 12.2. The molecule has 0 fully saturated rings. The number of benzene rings is 1. The van der Waals surface area contributed by atoms with Crippen LogP contribution in [-0.2, 0) is 12.8 Å². The number of fused-ring (bicyclic) bond motifs is 1. The summed E-state index contributed by atoms with van der Waals surface area (Å²) in [4.78, 5) is 5.68. The van der Waals surface area contributed by atoms with Crippen molar-refractivity contribution >= 4 is 24.0 Å². The fraction of sp³-hybridized carbons (Fsp3) is 0.400. The lowest BCUT2D eigenvalue weighted by atomic mass is 10.00. The Balaban J connectivity index is 1.92. The van der Waals surface area contributed by atoms with Crippen molar-refractivity contribution in [2.75, 3.05) is 13.2 Å². The van der Waals surface area contributed by atoms with Crippen LogP contribution in [0.5, 0.6) is 5.75 Å². The maximum atomic E-state index is 13.9. The normalized spacial score (nSPS) is 17.1. The number of hydrogen-bond acceptors (Lipinski definition) is 3. The molecule has 0 saturated carbocycles. The van der Waals surface area contributed by atoms with Crippen LogP contribution in [0.15, 0.2) is 18.3 Å². The van der Waals surface area contributed by atoms with Crippen LogP contribution in [0.3, 0.4) is 0 Å². The monoisotopic (exact) mass is 341 g/mol. The van der Waals surface area contributed by atoms with Crippen LogP contribution in [0, 0.1) is 17.5 Å².